The number of phenols is 1. The maximum atomic E-state index is 14.8. The lowest BCUT2D eigenvalue weighted by molar-refractivity contribution is -0.143. The van der Waals surface area contributed by atoms with E-state index in [1.165, 1.54) is 87.6 Å². The summed E-state index contributed by atoms with van der Waals surface area (Å²) in [5.41, 5.74) is 12.0. The molecule has 3 aliphatic heterocycles. The van der Waals surface area contributed by atoms with Crippen molar-refractivity contribution in [2.45, 2.75) is 274 Å². The zero-order valence-electron chi connectivity index (χ0n) is 60.4. The number of nitrogens with two attached hydrogens (primary N) is 2. The topological polar surface area (TPSA) is 513 Å². The smallest absolute Gasteiger partial charge is 0.334 e. The summed E-state index contributed by atoms with van der Waals surface area (Å²) in [6, 6.07) is -4.87. The Kier molecular flexibility index (Phi) is 38.3. The van der Waals surface area contributed by atoms with Crippen molar-refractivity contribution in [3.63, 3.8) is 0 Å². The van der Waals surface area contributed by atoms with Crippen LogP contribution in [0.25, 0.3) is 0 Å². The van der Waals surface area contributed by atoms with Crippen molar-refractivity contribution < 1.29 is 97.4 Å². The highest BCUT2D eigenvalue weighted by Gasteiger charge is 2.41. The maximum absolute atomic E-state index is 14.8. The van der Waals surface area contributed by atoms with Crippen LogP contribution in [-0.4, -0.2) is 199 Å². The van der Waals surface area contributed by atoms with Gasteiger partial charge in [-0.3, -0.25) is 62.3 Å². The highest BCUT2D eigenvalue weighted by molar-refractivity contribution is 5.99. The summed E-state index contributed by atoms with van der Waals surface area (Å²) in [6.45, 7) is 7.83. The molecule has 0 saturated carbocycles. The summed E-state index contributed by atoms with van der Waals surface area (Å²) in [4.78, 5) is 195. The van der Waals surface area contributed by atoms with E-state index in [1.807, 2.05) is 0 Å². The third-order valence-electron chi connectivity index (χ3n) is 18.4. The van der Waals surface area contributed by atoms with Crippen molar-refractivity contribution in [3.8, 4) is 11.5 Å². The van der Waals surface area contributed by atoms with Gasteiger partial charge in [0, 0.05) is 38.6 Å². The van der Waals surface area contributed by atoms with Crippen LogP contribution in [0.5, 0.6) is 11.5 Å². The summed E-state index contributed by atoms with van der Waals surface area (Å²) in [5.74, 6) is -15.4. The third-order valence-corrected chi connectivity index (χ3v) is 18.4. The largest absolute Gasteiger partial charge is 0.508 e. The number of carboxylic acid groups (broad SMARTS) is 2. The van der Waals surface area contributed by atoms with Crippen molar-refractivity contribution in [3.05, 3.63) is 59.7 Å². The zero-order chi connectivity index (χ0) is 77.0. The number of amides is 11. The molecule has 32 heteroatoms. The molecule has 3 aliphatic rings. The number of fused-ring (bicyclic) bond motifs is 23. The number of aliphatic carboxylic acids is 2. The van der Waals surface area contributed by atoms with Gasteiger partial charge in [-0.15, -0.1) is 0 Å². The number of aliphatic hydroxyl groups is 2. The molecule has 1 saturated heterocycles. The van der Waals surface area contributed by atoms with Crippen molar-refractivity contribution in [1.82, 2.24) is 52.8 Å². The number of nitrogens with one attached hydrogen (secondary N) is 9. The van der Waals surface area contributed by atoms with Crippen LogP contribution in [0.2, 0.25) is 0 Å². The number of hydrogen-bond donors (Lipinski definition) is 16. The van der Waals surface area contributed by atoms with E-state index >= 15 is 0 Å². The standard InChI is InChI=1S/C72H110N12O20/c1-6-8-9-10-11-12-13-14-15-16-17-20-48(87)41-58(89)76-51(32-35-59(90)91)65(96)77-50(21-18-37-73)64(95)80-55-40-46-25-29-49(30-26-46)104-72(103)61(42(3)7-2)82-67(98)54(39-45-23-27-47(86)28-24-45)81-66(97)52(31-34-57(74)88)78-69(100)56-22-19-38-84(56)71(102)43(4)75-63(94)53(33-36-60(92)93)79-70(101)62(44(5)85)83-68(55)99/h23-30,42-44,48,50-56,61-62,85-87H,6-22,31-41,73H2,1-5H3,(H2,74,88)(H,75,94)(H,76,89)(H,77,96)(H,78,100)(H,79,101)(H,80,95)(H,81,97)(H,82,98)(H,83,99)(H,90,91)(H,92,93)/t42-,43+,44+,48+,50+,51-,52-,53-,54+,55-,56-,61-,62+/m0/s1. The highest BCUT2D eigenvalue weighted by Crippen LogP contribution is 2.23. The minimum atomic E-state index is -1.98. The van der Waals surface area contributed by atoms with Crippen molar-refractivity contribution in [2.24, 2.45) is 17.4 Å². The minimum Gasteiger partial charge on any atom is -0.508 e. The van der Waals surface area contributed by atoms with Crippen LogP contribution in [0.4, 0.5) is 0 Å². The van der Waals surface area contributed by atoms with Gasteiger partial charge in [0.25, 0.3) is 0 Å². The minimum absolute atomic E-state index is 0.0222. The predicted octanol–water partition coefficient (Wildman–Crippen LogP) is 1.08. The van der Waals surface area contributed by atoms with Crippen molar-refractivity contribution in [1.29, 1.82) is 0 Å². The molecule has 2 bridgehead atoms. The van der Waals surface area contributed by atoms with Gasteiger partial charge in [-0.25, -0.2) is 4.79 Å². The number of carboxylic acids is 2. The fourth-order valence-electron chi connectivity index (χ4n) is 12.1. The Morgan fingerprint density at radius 3 is 1.76 bits per heavy atom. The Balaban J connectivity index is 1.75. The van der Waals surface area contributed by atoms with Gasteiger partial charge >= 0.3 is 17.9 Å². The molecule has 104 heavy (non-hydrogen) atoms. The van der Waals surface area contributed by atoms with Crippen molar-refractivity contribution in [2.75, 3.05) is 13.1 Å². The number of carbonyl (C=O) groups is 14. The molecule has 2 aromatic rings. The van der Waals surface area contributed by atoms with Crippen LogP contribution in [0.1, 0.15) is 200 Å². The second kappa shape index (κ2) is 45.7. The Bertz CT molecular complexity index is 3190. The maximum Gasteiger partial charge on any atom is 0.334 e. The van der Waals surface area contributed by atoms with Crippen LogP contribution in [-0.2, 0) is 80.0 Å². The van der Waals surface area contributed by atoms with Gasteiger partial charge in [0.2, 0.25) is 65.0 Å². The quantitative estimate of drug-likeness (QED) is 0.0196. The normalized spacial score (nSPS) is 21.9. The predicted molar refractivity (Wildman–Crippen MR) is 379 cm³/mol. The molecule has 13 atom stereocenters. The monoisotopic (exact) mass is 1460 g/mol. The summed E-state index contributed by atoms with van der Waals surface area (Å²) >= 11 is 0. The number of primary amides is 1. The number of benzene rings is 2. The van der Waals surface area contributed by atoms with E-state index in [0.29, 0.717) is 24.8 Å². The Labute approximate surface area is 606 Å². The number of aliphatic hydroxyl groups excluding tert-OH is 2. The molecule has 0 aliphatic carbocycles. The van der Waals surface area contributed by atoms with E-state index in [-0.39, 0.29) is 62.3 Å². The number of nitrogens with zero attached hydrogens (tertiary/aromatic N) is 1. The average Bonchev–Trinajstić information content (AvgIpc) is 1.55. The first-order chi connectivity index (χ1) is 49.4. The van der Waals surface area contributed by atoms with Crippen LogP contribution in [0, 0.1) is 5.92 Å². The number of ether oxygens (including phenoxy) is 1. The van der Waals surface area contributed by atoms with E-state index in [1.54, 1.807) is 13.8 Å². The molecule has 3 heterocycles. The fraction of sp³-hybridized carbons (Fsp3) is 0.639. The van der Waals surface area contributed by atoms with Crippen LogP contribution < -0.4 is 64.1 Å². The van der Waals surface area contributed by atoms with Gasteiger partial charge in [-0.1, -0.05) is 122 Å². The average molecular weight is 1460 g/mol. The number of phenolic OH excluding ortho intramolecular Hbond substituents is 1. The molecule has 18 N–H and O–H groups in total. The number of rotatable bonds is 36. The molecule has 5 rings (SSSR count). The molecule has 0 aromatic heterocycles. The van der Waals surface area contributed by atoms with E-state index in [9.17, 15) is 92.7 Å². The first kappa shape index (κ1) is 87.1. The van der Waals surface area contributed by atoms with E-state index in [4.69, 9.17) is 16.2 Å². The summed E-state index contributed by atoms with van der Waals surface area (Å²) in [7, 11) is 0. The second-order valence-electron chi connectivity index (χ2n) is 27.1. The fourth-order valence-corrected chi connectivity index (χ4v) is 12.1. The van der Waals surface area contributed by atoms with E-state index in [2.05, 4.69) is 54.8 Å². The Morgan fingerprint density at radius 2 is 1.17 bits per heavy atom. The molecule has 0 unspecified atom stereocenters. The summed E-state index contributed by atoms with van der Waals surface area (Å²) in [5, 5.41) is 74.1. The van der Waals surface area contributed by atoms with Crippen LogP contribution in [0.15, 0.2) is 48.5 Å². The number of hydrogen-bond acceptors (Lipinski definition) is 19. The number of aromatic hydroxyl groups is 1. The summed E-state index contributed by atoms with van der Waals surface area (Å²) < 4.78 is 5.82. The van der Waals surface area contributed by atoms with Crippen molar-refractivity contribution >= 4 is 82.9 Å². The van der Waals surface area contributed by atoms with Gasteiger partial charge < -0.3 is 94.5 Å². The molecule has 11 amide bonds. The number of esters is 1. The van der Waals surface area contributed by atoms with E-state index in [0.717, 1.165) is 43.9 Å². The third kappa shape index (κ3) is 31.0. The molecule has 578 valence electrons. The van der Waals surface area contributed by atoms with Gasteiger partial charge in [-0.05, 0) is 113 Å². The van der Waals surface area contributed by atoms with Crippen LogP contribution in [0.3, 0.4) is 0 Å². The molecule has 2 aromatic carbocycles. The second-order valence-corrected chi connectivity index (χ2v) is 27.1. The molecule has 0 radical (unpaired) electrons. The van der Waals surface area contributed by atoms with E-state index < -0.39 is 213 Å². The first-order valence-electron chi connectivity index (χ1n) is 36.3. The SMILES string of the molecule is CCCCCCCCCCCCC[C@@H](O)CC(=O)N[C@@H](CCC(=O)O)C(=O)N[C@H](CCCN)C(=O)N[C@H]1Cc2ccc(cc2)OC(=O)[C@H]([C@@H](C)CC)NC(=O)[C@@H](Cc2ccc(O)cc2)NC(=O)[C@H](CCC(N)=O)NC(=O)[C@@H]2CCCN2C(=O)[C@@H](C)NC(=O)[C@H](CCC(=O)O)NC(=O)[C@@H]([C@@H](C)O)NC1=O. The molecule has 0 spiro atoms. The Hall–Kier alpha value is -9.30. The Morgan fingerprint density at radius 1 is 0.615 bits per heavy atom. The lowest BCUT2D eigenvalue weighted by Crippen LogP contribution is -2.62. The van der Waals surface area contributed by atoms with Gasteiger partial charge in [0.05, 0.1) is 18.6 Å². The first-order valence-corrected chi connectivity index (χ1v) is 36.3. The van der Waals surface area contributed by atoms with Gasteiger partial charge in [0.1, 0.15) is 71.9 Å². The van der Waals surface area contributed by atoms with Crippen LogP contribution >= 0.6 is 0 Å². The highest BCUT2D eigenvalue weighted by atomic mass is 16.5. The number of unbranched alkanes of at least 4 members (excludes halogenated alkanes) is 10. The van der Waals surface area contributed by atoms with Gasteiger partial charge in [0.15, 0.2) is 0 Å². The molecule has 32 nitrogen and oxygen atoms in total. The summed E-state index contributed by atoms with van der Waals surface area (Å²) in [6.07, 6.45) is 5.34. The molecular weight excluding hydrogens is 1350 g/mol. The molecular formula is C72H110N12O20. The lowest BCUT2D eigenvalue weighted by atomic mass is 9.97. The zero-order valence-corrected chi connectivity index (χ0v) is 60.4. The van der Waals surface area contributed by atoms with Gasteiger partial charge in [-0.2, -0.15) is 0 Å². The lowest BCUT2D eigenvalue weighted by Gasteiger charge is -2.30. The molecule has 1 fully saturated rings. The number of carbonyl (C=O) groups excluding carboxylic acids is 12.